The number of carbonyl (C=O) groups excluding carboxylic acids is 1. The molecule has 1 aromatic carbocycles. The summed E-state index contributed by atoms with van der Waals surface area (Å²) >= 11 is 0. The molecule has 0 aromatic heterocycles. The highest BCUT2D eigenvalue weighted by atomic mass is 16.5. The summed E-state index contributed by atoms with van der Waals surface area (Å²) in [5, 5.41) is 0. The van der Waals surface area contributed by atoms with Crippen molar-refractivity contribution in [3.63, 3.8) is 0 Å². The lowest BCUT2D eigenvalue weighted by molar-refractivity contribution is -0.147. The first-order valence-corrected chi connectivity index (χ1v) is 7.30. The Morgan fingerprint density at radius 3 is 2.62 bits per heavy atom. The number of nitrogens with zero attached hydrogens (tertiary/aromatic N) is 1. The van der Waals surface area contributed by atoms with Crippen molar-refractivity contribution in [2.75, 3.05) is 40.5 Å². The van der Waals surface area contributed by atoms with Crippen LogP contribution in [0, 0.1) is 5.92 Å². The van der Waals surface area contributed by atoms with Crippen molar-refractivity contribution in [1.29, 1.82) is 0 Å². The van der Waals surface area contributed by atoms with E-state index in [-0.39, 0.29) is 11.9 Å². The van der Waals surface area contributed by atoms with Gasteiger partial charge >= 0.3 is 5.97 Å². The standard InChI is InChI=1S/C16H23NO4/c1-19-14-5-7-15(8-6-14)21-11-10-17-9-3-4-13(12-17)16(18)20-2/h5-8,13H,3-4,9-12H2,1-2H3/t13-/m0/s1. The molecule has 1 fully saturated rings. The van der Waals surface area contributed by atoms with Crippen molar-refractivity contribution in [2.24, 2.45) is 5.92 Å². The highest BCUT2D eigenvalue weighted by molar-refractivity contribution is 5.72. The number of benzene rings is 1. The van der Waals surface area contributed by atoms with E-state index in [2.05, 4.69) is 4.90 Å². The Morgan fingerprint density at radius 1 is 1.24 bits per heavy atom. The minimum absolute atomic E-state index is 0.00439. The lowest BCUT2D eigenvalue weighted by Crippen LogP contribution is -2.41. The Morgan fingerprint density at radius 2 is 1.95 bits per heavy atom. The van der Waals surface area contributed by atoms with Crippen LogP contribution in [0.2, 0.25) is 0 Å². The Bertz CT molecular complexity index is 446. The molecule has 1 aromatic rings. The number of carbonyl (C=O) groups is 1. The molecular weight excluding hydrogens is 270 g/mol. The first-order valence-electron chi connectivity index (χ1n) is 7.30. The summed E-state index contributed by atoms with van der Waals surface area (Å²) in [6.07, 6.45) is 1.95. The monoisotopic (exact) mass is 293 g/mol. The molecule has 116 valence electrons. The van der Waals surface area contributed by atoms with Gasteiger partial charge in [-0.3, -0.25) is 9.69 Å². The molecule has 1 aliphatic rings. The van der Waals surface area contributed by atoms with E-state index in [1.54, 1.807) is 7.11 Å². The number of piperidine rings is 1. The van der Waals surface area contributed by atoms with E-state index in [0.717, 1.165) is 44.0 Å². The lowest BCUT2D eigenvalue weighted by Gasteiger charge is -2.31. The first kappa shape index (κ1) is 15.6. The van der Waals surface area contributed by atoms with E-state index in [1.807, 2.05) is 24.3 Å². The number of hydrogen-bond donors (Lipinski definition) is 0. The van der Waals surface area contributed by atoms with Crippen LogP contribution in [0.5, 0.6) is 11.5 Å². The van der Waals surface area contributed by atoms with Gasteiger partial charge in [0.15, 0.2) is 0 Å². The summed E-state index contributed by atoms with van der Waals surface area (Å²) in [6.45, 7) is 3.21. The summed E-state index contributed by atoms with van der Waals surface area (Å²) in [5.74, 6) is 1.55. The third kappa shape index (κ3) is 4.63. The second kappa shape index (κ2) is 7.88. The van der Waals surface area contributed by atoms with Gasteiger partial charge in [-0.15, -0.1) is 0 Å². The molecule has 1 aliphatic heterocycles. The molecule has 1 atom stereocenters. The third-order valence-electron chi connectivity index (χ3n) is 3.78. The van der Waals surface area contributed by atoms with Gasteiger partial charge in [0, 0.05) is 13.1 Å². The van der Waals surface area contributed by atoms with Gasteiger partial charge < -0.3 is 14.2 Å². The summed E-state index contributed by atoms with van der Waals surface area (Å²) < 4.78 is 15.6. The van der Waals surface area contributed by atoms with Crippen LogP contribution < -0.4 is 9.47 Å². The van der Waals surface area contributed by atoms with E-state index in [0.29, 0.717) is 6.61 Å². The quantitative estimate of drug-likeness (QED) is 0.750. The van der Waals surface area contributed by atoms with Gasteiger partial charge in [-0.25, -0.2) is 0 Å². The third-order valence-corrected chi connectivity index (χ3v) is 3.78. The molecule has 0 N–H and O–H groups in total. The molecule has 21 heavy (non-hydrogen) atoms. The summed E-state index contributed by atoms with van der Waals surface area (Å²) in [7, 11) is 3.10. The molecule has 0 spiro atoms. The maximum Gasteiger partial charge on any atom is 0.309 e. The predicted molar refractivity (Wildman–Crippen MR) is 79.7 cm³/mol. The van der Waals surface area contributed by atoms with Gasteiger partial charge in [-0.05, 0) is 43.7 Å². The molecule has 0 bridgehead atoms. The molecular formula is C16H23NO4. The molecule has 0 amide bonds. The van der Waals surface area contributed by atoms with E-state index >= 15 is 0 Å². The summed E-state index contributed by atoms with van der Waals surface area (Å²) in [4.78, 5) is 13.8. The first-order chi connectivity index (χ1) is 10.2. The van der Waals surface area contributed by atoms with Crippen LogP contribution in [0.15, 0.2) is 24.3 Å². The smallest absolute Gasteiger partial charge is 0.309 e. The predicted octanol–water partition coefficient (Wildman–Crippen LogP) is 1.96. The zero-order valence-electron chi connectivity index (χ0n) is 12.7. The number of hydrogen-bond acceptors (Lipinski definition) is 5. The van der Waals surface area contributed by atoms with Crippen LogP contribution in [0.1, 0.15) is 12.8 Å². The fourth-order valence-corrected chi connectivity index (χ4v) is 2.58. The van der Waals surface area contributed by atoms with E-state index in [4.69, 9.17) is 14.2 Å². The molecule has 0 unspecified atom stereocenters. The van der Waals surface area contributed by atoms with Crippen LogP contribution in [0.3, 0.4) is 0 Å². The second-order valence-electron chi connectivity index (χ2n) is 5.19. The number of methoxy groups -OCH3 is 2. The molecule has 0 radical (unpaired) electrons. The molecule has 0 saturated carbocycles. The van der Waals surface area contributed by atoms with Gasteiger partial charge in [0.1, 0.15) is 18.1 Å². The number of esters is 1. The topological polar surface area (TPSA) is 48.0 Å². The zero-order chi connectivity index (χ0) is 15.1. The molecule has 5 nitrogen and oxygen atoms in total. The highest BCUT2D eigenvalue weighted by Gasteiger charge is 2.26. The van der Waals surface area contributed by atoms with Crippen LogP contribution in [0.4, 0.5) is 0 Å². The van der Waals surface area contributed by atoms with E-state index < -0.39 is 0 Å². The fourth-order valence-electron chi connectivity index (χ4n) is 2.58. The molecule has 2 rings (SSSR count). The van der Waals surface area contributed by atoms with Crippen molar-refractivity contribution < 1.29 is 19.0 Å². The van der Waals surface area contributed by atoms with Crippen LogP contribution in [-0.2, 0) is 9.53 Å². The fraction of sp³-hybridized carbons (Fsp3) is 0.562. The average molecular weight is 293 g/mol. The van der Waals surface area contributed by atoms with E-state index in [1.165, 1.54) is 7.11 Å². The van der Waals surface area contributed by atoms with Crippen LogP contribution in [-0.4, -0.2) is 51.3 Å². The van der Waals surface area contributed by atoms with Crippen LogP contribution >= 0.6 is 0 Å². The normalized spacial score (nSPS) is 19.0. The number of likely N-dealkylation sites (tertiary alicyclic amines) is 1. The van der Waals surface area contributed by atoms with Crippen molar-refractivity contribution in [3.8, 4) is 11.5 Å². The summed E-state index contributed by atoms with van der Waals surface area (Å²) in [6, 6.07) is 7.55. The van der Waals surface area contributed by atoms with Crippen molar-refractivity contribution in [1.82, 2.24) is 4.90 Å². The SMILES string of the molecule is COC(=O)[C@H]1CCCN(CCOc2ccc(OC)cc2)C1. The second-order valence-corrected chi connectivity index (χ2v) is 5.19. The van der Waals surface area contributed by atoms with Gasteiger partial charge in [0.25, 0.3) is 0 Å². The number of ether oxygens (including phenoxy) is 3. The van der Waals surface area contributed by atoms with Crippen molar-refractivity contribution in [3.05, 3.63) is 24.3 Å². The highest BCUT2D eigenvalue weighted by Crippen LogP contribution is 2.19. The Hall–Kier alpha value is -1.75. The zero-order valence-corrected chi connectivity index (χ0v) is 12.7. The van der Waals surface area contributed by atoms with Gasteiger partial charge in [0.2, 0.25) is 0 Å². The molecule has 1 heterocycles. The maximum absolute atomic E-state index is 11.6. The minimum atomic E-state index is -0.101. The maximum atomic E-state index is 11.6. The van der Waals surface area contributed by atoms with Gasteiger partial charge in [0.05, 0.1) is 20.1 Å². The summed E-state index contributed by atoms with van der Waals surface area (Å²) in [5.41, 5.74) is 0. The molecule has 5 heteroatoms. The molecule has 1 saturated heterocycles. The van der Waals surface area contributed by atoms with Gasteiger partial charge in [-0.1, -0.05) is 0 Å². The van der Waals surface area contributed by atoms with Crippen molar-refractivity contribution in [2.45, 2.75) is 12.8 Å². The van der Waals surface area contributed by atoms with E-state index in [9.17, 15) is 4.79 Å². The average Bonchev–Trinajstić information content (AvgIpc) is 2.55. The van der Waals surface area contributed by atoms with Crippen molar-refractivity contribution >= 4 is 5.97 Å². The number of rotatable bonds is 6. The lowest BCUT2D eigenvalue weighted by atomic mass is 9.98. The Balaban J connectivity index is 1.73. The molecule has 0 aliphatic carbocycles. The van der Waals surface area contributed by atoms with Gasteiger partial charge in [-0.2, -0.15) is 0 Å². The Kier molecular flexibility index (Phi) is 5.87. The van der Waals surface area contributed by atoms with Crippen LogP contribution in [0.25, 0.3) is 0 Å². The minimum Gasteiger partial charge on any atom is -0.497 e. The largest absolute Gasteiger partial charge is 0.497 e. The Labute approximate surface area is 125 Å².